The van der Waals surface area contributed by atoms with Crippen molar-refractivity contribution in [1.29, 1.82) is 0 Å². The molecule has 15 heteroatoms. The quantitative estimate of drug-likeness (QED) is 0.239. The van der Waals surface area contributed by atoms with Gasteiger partial charge in [-0.05, 0) is 33.0 Å². The first-order chi connectivity index (χ1) is 17.6. The van der Waals surface area contributed by atoms with Crippen molar-refractivity contribution in [2.24, 2.45) is 11.7 Å². The van der Waals surface area contributed by atoms with Crippen LogP contribution >= 0.6 is 0 Å². The molecule has 37 heavy (non-hydrogen) atoms. The molecule has 5 fully saturated rings. The maximum atomic E-state index is 15.3. The van der Waals surface area contributed by atoms with Crippen LogP contribution in [0.2, 0.25) is 0 Å². The van der Waals surface area contributed by atoms with E-state index in [4.69, 9.17) is 5.73 Å². The van der Waals surface area contributed by atoms with Crippen molar-refractivity contribution >= 4 is 15.9 Å². The van der Waals surface area contributed by atoms with E-state index < -0.39 is 57.9 Å². The lowest BCUT2D eigenvalue weighted by Crippen LogP contribution is -2.67. The van der Waals surface area contributed by atoms with E-state index in [0.717, 1.165) is 13.1 Å². The number of halogens is 2. The summed E-state index contributed by atoms with van der Waals surface area (Å²) in [5.74, 6) is -0.969. The Labute approximate surface area is 217 Å². The fourth-order valence-electron chi connectivity index (χ4n) is 6.47. The number of hydrogen-bond donors (Lipinski definition) is 5. The first kappa shape index (κ1) is 27.5. The third-order valence-electron chi connectivity index (χ3n) is 8.58. The number of likely N-dealkylation sites (tertiary alicyclic amines) is 1. The summed E-state index contributed by atoms with van der Waals surface area (Å²) >= 11 is 0. The molecular weight excluding hydrogens is 508 g/mol. The number of likely N-dealkylation sites (N-methyl/N-ethyl adjacent to an activating group) is 1. The highest BCUT2D eigenvalue weighted by Gasteiger charge is 2.49. The van der Waals surface area contributed by atoms with E-state index in [-0.39, 0.29) is 25.5 Å². The average Bonchev–Trinajstić information content (AvgIpc) is 3.19. The number of amides is 1. The standard InChI is InChI=1S/C22H41F2N9O3S/c1-30-6-8-32(9-7-30)37(35,36)15-2-4-31(5-3-15)19-16(24)11-26-12-17(19)28-22(34)18-20(25)29-33-13-14(23)10-27-21(18)33/h14-21,26-27,29H,2-13,25H2,1H3,(H,28,34). The van der Waals surface area contributed by atoms with Crippen LogP contribution in [0.3, 0.4) is 0 Å². The maximum absolute atomic E-state index is 15.3. The molecule has 7 unspecified atom stereocenters. The second kappa shape index (κ2) is 11.2. The fourth-order valence-corrected chi connectivity index (χ4v) is 8.37. The summed E-state index contributed by atoms with van der Waals surface area (Å²) in [5.41, 5.74) is 9.15. The number of hydrazine groups is 1. The van der Waals surface area contributed by atoms with Gasteiger partial charge in [-0.1, -0.05) is 0 Å². The number of piperazine rings is 1. The van der Waals surface area contributed by atoms with Gasteiger partial charge >= 0.3 is 0 Å². The van der Waals surface area contributed by atoms with Gasteiger partial charge in [0.2, 0.25) is 15.9 Å². The summed E-state index contributed by atoms with van der Waals surface area (Å²) in [7, 11) is -1.41. The molecule has 5 heterocycles. The number of carbonyl (C=O) groups excluding carboxylic acids is 1. The summed E-state index contributed by atoms with van der Waals surface area (Å²) in [6.45, 7) is 4.23. The van der Waals surface area contributed by atoms with Gasteiger partial charge in [-0.3, -0.25) is 15.0 Å². The Morgan fingerprint density at radius 1 is 1.03 bits per heavy atom. The number of sulfonamides is 1. The molecule has 6 N–H and O–H groups in total. The Morgan fingerprint density at radius 2 is 1.73 bits per heavy atom. The monoisotopic (exact) mass is 549 g/mol. The van der Waals surface area contributed by atoms with Crippen molar-refractivity contribution in [3.8, 4) is 0 Å². The molecule has 0 radical (unpaired) electrons. The minimum atomic E-state index is -3.40. The van der Waals surface area contributed by atoms with Gasteiger partial charge in [0, 0.05) is 52.4 Å². The van der Waals surface area contributed by atoms with Gasteiger partial charge in [0.1, 0.15) is 12.3 Å². The zero-order valence-corrected chi connectivity index (χ0v) is 22.2. The molecule has 5 aliphatic rings. The van der Waals surface area contributed by atoms with Gasteiger partial charge in [0.05, 0.1) is 35.6 Å². The normalized spacial score (nSPS) is 39.9. The predicted molar refractivity (Wildman–Crippen MR) is 134 cm³/mol. The largest absolute Gasteiger partial charge is 0.350 e. The van der Waals surface area contributed by atoms with Crippen molar-refractivity contribution in [3.05, 3.63) is 0 Å². The minimum Gasteiger partial charge on any atom is -0.350 e. The van der Waals surface area contributed by atoms with Gasteiger partial charge in [-0.25, -0.2) is 27.6 Å². The molecule has 7 atom stereocenters. The molecule has 0 aromatic rings. The second-order valence-electron chi connectivity index (χ2n) is 11.0. The molecule has 5 saturated heterocycles. The SMILES string of the molecule is CN1CCN(S(=O)(=O)C2CCN(C3C(F)CNCC3NC(=O)C3C(N)NN4CC(F)CNC34)CC2)CC1. The number of nitrogens with two attached hydrogens (primary N) is 1. The number of carbonyl (C=O) groups is 1. The van der Waals surface area contributed by atoms with Crippen LogP contribution in [0.1, 0.15) is 12.8 Å². The predicted octanol–water partition coefficient (Wildman–Crippen LogP) is -3.19. The van der Waals surface area contributed by atoms with E-state index in [0.29, 0.717) is 45.6 Å². The molecule has 0 saturated carbocycles. The molecule has 0 aromatic carbocycles. The first-order valence-corrected chi connectivity index (χ1v) is 14.9. The Hall–Kier alpha value is -1.04. The van der Waals surface area contributed by atoms with Crippen LogP contribution in [0.4, 0.5) is 8.78 Å². The van der Waals surface area contributed by atoms with Crippen LogP contribution in [0.25, 0.3) is 0 Å². The Bertz CT molecular complexity index is 917. The highest BCUT2D eigenvalue weighted by molar-refractivity contribution is 7.89. The number of rotatable bonds is 5. The smallest absolute Gasteiger partial charge is 0.229 e. The number of alkyl halides is 2. The summed E-state index contributed by atoms with van der Waals surface area (Å²) in [5, 5.41) is 10.3. The molecule has 5 rings (SSSR count). The molecule has 0 aromatic heterocycles. The van der Waals surface area contributed by atoms with E-state index in [1.807, 2.05) is 11.9 Å². The van der Waals surface area contributed by atoms with E-state index in [9.17, 15) is 17.6 Å². The third-order valence-corrected chi connectivity index (χ3v) is 11.0. The van der Waals surface area contributed by atoms with Crippen molar-refractivity contribution in [3.63, 3.8) is 0 Å². The first-order valence-electron chi connectivity index (χ1n) is 13.4. The van der Waals surface area contributed by atoms with Crippen molar-refractivity contribution in [2.45, 2.75) is 54.9 Å². The summed E-state index contributed by atoms with van der Waals surface area (Å²) in [6.07, 6.45) is -2.51. The lowest BCUT2D eigenvalue weighted by atomic mass is 9.93. The lowest BCUT2D eigenvalue weighted by Gasteiger charge is -2.45. The van der Waals surface area contributed by atoms with Crippen LogP contribution in [0.5, 0.6) is 0 Å². The highest BCUT2D eigenvalue weighted by Crippen LogP contribution is 2.27. The van der Waals surface area contributed by atoms with Gasteiger partial charge in [0.15, 0.2) is 0 Å². The van der Waals surface area contributed by atoms with Gasteiger partial charge in [-0.15, -0.1) is 0 Å². The van der Waals surface area contributed by atoms with E-state index >= 15 is 4.39 Å². The Morgan fingerprint density at radius 3 is 2.43 bits per heavy atom. The Kier molecular flexibility index (Phi) is 8.34. The molecule has 0 bridgehead atoms. The topological polar surface area (TPSA) is 138 Å². The molecule has 5 aliphatic heterocycles. The third kappa shape index (κ3) is 5.65. The van der Waals surface area contributed by atoms with Crippen LogP contribution in [0, 0.1) is 5.92 Å². The number of nitrogens with zero attached hydrogens (tertiary/aromatic N) is 4. The van der Waals surface area contributed by atoms with Crippen LogP contribution in [-0.4, -0.2) is 148 Å². The Balaban J connectivity index is 1.21. The number of hydrogen-bond acceptors (Lipinski definition) is 10. The van der Waals surface area contributed by atoms with Crippen LogP contribution in [0.15, 0.2) is 0 Å². The molecule has 12 nitrogen and oxygen atoms in total. The lowest BCUT2D eigenvalue weighted by molar-refractivity contribution is -0.128. The van der Waals surface area contributed by atoms with Gasteiger partial charge in [0.25, 0.3) is 0 Å². The van der Waals surface area contributed by atoms with E-state index in [1.54, 1.807) is 9.31 Å². The highest BCUT2D eigenvalue weighted by atomic mass is 32.2. The van der Waals surface area contributed by atoms with Crippen LogP contribution in [-0.2, 0) is 14.8 Å². The molecule has 0 spiro atoms. The molecule has 0 aliphatic carbocycles. The van der Waals surface area contributed by atoms with Crippen molar-refractivity contribution in [2.75, 3.05) is 72.5 Å². The molecule has 212 valence electrons. The van der Waals surface area contributed by atoms with Crippen molar-refractivity contribution in [1.82, 2.24) is 40.5 Å². The summed E-state index contributed by atoms with van der Waals surface area (Å²) in [4.78, 5) is 17.4. The summed E-state index contributed by atoms with van der Waals surface area (Å²) in [6, 6.07) is -1.06. The average molecular weight is 550 g/mol. The van der Waals surface area contributed by atoms with E-state index in [1.165, 1.54) is 0 Å². The van der Waals surface area contributed by atoms with Gasteiger partial charge in [-0.2, -0.15) is 4.31 Å². The minimum absolute atomic E-state index is 0.140. The summed E-state index contributed by atoms with van der Waals surface area (Å²) < 4.78 is 57.1. The zero-order chi connectivity index (χ0) is 26.3. The molecular formula is C22H41F2N9O3S. The molecule has 1 amide bonds. The number of piperidine rings is 2. The fraction of sp³-hybridized carbons (Fsp3) is 0.955. The maximum Gasteiger partial charge on any atom is 0.229 e. The van der Waals surface area contributed by atoms with Gasteiger partial charge < -0.3 is 21.3 Å². The second-order valence-corrected chi connectivity index (χ2v) is 13.3. The van der Waals surface area contributed by atoms with E-state index in [2.05, 4.69) is 26.3 Å². The number of fused-ring (bicyclic) bond motifs is 1. The zero-order valence-electron chi connectivity index (χ0n) is 21.4. The van der Waals surface area contributed by atoms with Crippen molar-refractivity contribution < 1.29 is 22.0 Å². The number of nitrogens with one attached hydrogen (secondary N) is 4. The van der Waals surface area contributed by atoms with Crippen LogP contribution < -0.4 is 27.1 Å².